The third-order valence-electron chi connectivity index (χ3n) is 1.83. The number of rotatable bonds is 7. The molecule has 0 fully saturated rings. The van der Waals surface area contributed by atoms with Gasteiger partial charge in [-0.15, -0.1) is 0 Å². The van der Waals surface area contributed by atoms with E-state index in [1.807, 2.05) is 20.8 Å². The molecule has 1 atom stereocenters. The standard InChI is InChI=1S/C8H21NO4Si/c1-7(2)13-8(3)14(10-4,11-5)12-6-9/h7-8H,6,9H2,1-5H3. The number of hydrogen-bond acceptors (Lipinski definition) is 5. The first-order valence-corrected chi connectivity index (χ1v) is 6.42. The van der Waals surface area contributed by atoms with Crippen LogP contribution in [0.5, 0.6) is 0 Å². The lowest BCUT2D eigenvalue weighted by atomic mass is 10.5. The van der Waals surface area contributed by atoms with Gasteiger partial charge in [0.15, 0.2) is 0 Å². The first-order valence-electron chi connectivity index (χ1n) is 4.62. The molecule has 0 aromatic carbocycles. The topological polar surface area (TPSA) is 62.9 Å². The zero-order valence-corrected chi connectivity index (χ0v) is 10.6. The van der Waals surface area contributed by atoms with E-state index < -0.39 is 8.80 Å². The highest BCUT2D eigenvalue weighted by Crippen LogP contribution is 2.16. The molecule has 6 heteroatoms. The molecule has 0 spiro atoms. The highest BCUT2D eigenvalue weighted by Gasteiger charge is 2.47. The summed E-state index contributed by atoms with van der Waals surface area (Å²) in [7, 11) is 0.338. The van der Waals surface area contributed by atoms with Gasteiger partial charge in [-0.2, -0.15) is 0 Å². The Hall–Kier alpha value is 0.0169. The minimum Gasteiger partial charge on any atom is -0.375 e. The molecule has 0 bridgehead atoms. The molecule has 2 N–H and O–H groups in total. The lowest BCUT2D eigenvalue weighted by molar-refractivity contribution is -0.0129. The summed E-state index contributed by atoms with van der Waals surface area (Å²) in [5.74, 6) is 0. The van der Waals surface area contributed by atoms with Gasteiger partial charge in [-0.3, -0.25) is 0 Å². The molecule has 0 saturated carbocycles. The molecule has 0 aromatic rings. The van der Waals surface area contributed by atoms with Gasteiger partial charge in [0.05, 0.1) is 12.8 Å². The van der Waals surface area contributed by atoms with E-state index in [1.54, 1.807) is 14.2 Å². The minimum atomic E-state index is -2.76. The van der Waals surface area contributed by atoms with Gasteiger partial charge in [-0.25, -0.2) is 0 Å². The van der Waals surface area contributed by atoms with Crippen molar-refractivity contribution in [3.8, 4) is 0 Å². The summed E-state index contributed by atoms with van der Waals surface area (Å²) in [6.45, 7) is 5.83. The molecule has 0 aliphatic heterocycles. The van der Waals surface area contributed by atoms with Crippen LogP contribution in [0.15, 0.2) is 0 Å². The zero-order chi connectivity index (χ0) is 11.2. The van der Waals surface area contributed by atoms with Crippen molar-refractivity contribution in [3.63, 3.8) is 0 Å². The van der Waals surface area contributed by atoms with E-state index in [2.05, 4.69) is 0 Å². The third kappa shape index (κ3) is 3.64. The van der Waals surface area contributed by atoms with Crippen LogP contribution >= 0.6 is 0 Å². The maximum absolute atomic E-state index is 5.58. The van der Waals surface area contributed by atoms with Gasteiger partial charge < -0.3 is 23.7 Å². The van der Waals surface area contributed by atoms with Crippen LogP contribution in [0.1, 0.15) is 20.8 Å². The van der Waals surface area contributed by atoms with Gasteiger partial charge in [0.2, 0.25) is 0 Å². The lowest BCUT2D eigenvalue weighted by Crippen LogP contribution is -2.56. The van der Waals surface area contributed by atoms with Gasteiger partial charge in [-0.05, 0) is 20.8 Å². The second-order valence-corrected chi connectivity index (χ2v) is 6.28. The molecule has 0 radical (unpaired) electrons. The van der Waals surface area contributed by atoms with Crippen LogP contribution < -0.4 is 5.73 Å². The monoisotopic (exact) mass is 223 g/mol. The highest BCUT2D eigenvalue weighted by molar-refractivity contribution is 6.62. The smallest absolute Gasteiger partial charge is 0.375 e. The van der Waals surface area contributed by atoms with Crippen LogP contribution in [0.3, 0.4) is 0 Å². The summed E-state index contributed by atoms with van der Waals surface area (Å²) in [5.41, 5.74) is 5.11. The Labute approximate surface area is 86.8 Å². The Morgan fingerprint density at radius 2 is 1.64 bits per heavy atom. The number of hydrogen-bond donors (Lipinski definition) is 1. The van der Waals surface area contributed by atoms with E-state index in [0.717, 1.165) is 0 Å². The van der Waals surface area contributed by atoms with Crippen LogP contribution in [0.4, 0.5) is 0 Å². The van der Waals surface area contributed by atoms with E-state index >= 15 is 0 Å². The van der Waals surface area contributed by atoms with Crippen molar-refractivity contribution in [2.75, 3.05) is 21.0 Å². The third-order valence-corrected chi connectivity index (χ3v) is 4.67. The van der Waals surface area contributed by atoms with E-state index in [0.29, 0.717) is 0 Å². The molecular weight excluding hydrogens is 202 g/mol. The first-order chi connectivity index (χ1) is 6.52. The van der Waals surface area contributed by atoms with Crippen molar-refractivity contribution in [1.82, 2.24) is 0 Å². The SMILES string of the molecule is CO[Si](OC)(OCN)C(C)OC(C)C. The van der Waals surface area contributed by atoms with Crippen molar-refractivity contribution in [2.24, 2.45) is 5.73 Å². The van der Waals surface area contributed by atoms with E-state index in [-0.39, 0.29) is 18.6 Å². The minimum absolute atomic E-state index is 0.0691. The molecule has 1 unspecified atom stereocenters. The Kier molecular flexibility index (Phi) is 6.50. The van der Waals surface area contributed by atoms with Crippen molar-refractivity contribution in [3.05, 3.63) is 0 Å². The molecule has 0 rings (SSSR count). The maximum Gasteiger partial charge on any atom is 0.531 e. The van der Waals surface area contributed by atoms with Crippen LogP contribution in [-0.2, 0) is 18.0 Å². The van der Waals surface area contributed by atoms with E-state index in [9.17, 15) is 0 Å². The van der Waals surface area contributed by atoms with Crippen LogP contribution in [0, 0.1) is 0 Å². The fraction of sp³-hybridized carbons (Fsp3) is 1.00. The van der Waals surface area contributed by atoms with Gasteiger partial charge in [0.1, 0.15) is 5.73 Å². The van der Waals surface area contributed by atoms with Gasteiger partial charge >= 0.3 is 8.80 Å². The predicted molar refractivity (Wildman–Crippen MR) is 55.6 cm³/mol. The average molecular weight is 223 g/mol. The fourth-order valence-corrected chi connectivity index (χ4v) is 3.23. The largest absolute Gasteiger partial charge is 0.531 e. The average Bonchev–Trinajstić information content (AvgIpc) is 2.13. The molecule has 5 nitrogen and oxygen atoms in total. The summed E-state index contributed by atoms with van der Waals surface area (Å²) in [4.78, 5) is 0. The first kappa shape index (κ1) is 14.0. The molecular formula is C8H21NO4Si. The van der Waals surface area contributed by atoms with Crippen molar-refractivity contribution >= 4 is 8.80 Å². The molecule has 0 saturated heterocycles. The molecule has 0 amide bonds. The summed E-state index contributed by atoms with van der Waals surface area (Å²) in [6, 6.07) is 0. The molecule has 0 aliphatic carbocycles. The Balaban J connectivity index is 4.43. The van der Waals surface area contributed by atoms with Gasteiger partial charge in [0, 0.05) is 14.2 Å². The Morgan fingerprint density at radius 3 is 1.93 bits per heavy atom. The van der Waals surface area contributed by atoms with Gasteiger partial charge in [-0.1, -0.05) is 0 Å². The van der Waals surface area contributed by atoms with E-state index in [1.165, 1.54) is 0 Å². The normalized spacial score (nSPS) is 14.8. The summed E-state index contributed by atoms with van der Waals surface area (Å²) >= 11 is 0. The molecule has 86 valence electrons. The Bertz CT molecular complexity index is 152. The molecule has 0 aliphatic rings. The number of ether oxygens (including phenoxy) is 1. The van der Waals surface area contributed by atoms with Gasteiger partial charge in [0.25, 0.3) is 0 Å². The molecule has 0 aromatic heterocycles. The zero-order valence-electron chi connectivity index (χ0n) is 9.57. The summed E-state index contributed by atoms with van der Waals surface area (Å²) in [5, 5.41) is 0. The predicted octanol–water partition coefficient (Wildman–Crippen LogP) is 0.504. The summed E-state index contributed by atoms with van der Waals surface area (Å²) < 4.78 is 21.5. The van der Waals surface area contributed by atoms with Crippen LogP contribution in [0.25, 0.3) is 0 Å². The van der Waals surface area contributed by atoms with Crippen molar-refractivity contribution < 1.29 is 18.0 Å². The highest BCUT2D eigenvalue weighted by atomic mass is 28.4. The van der Waals surface area contributed by atoms with Crippen LogP contribution in [-0.4, -0.2) is 41.6 Å². The second kappa shape index (κ2) is 6.49. The second-order valence-electron chi connectivity index (χ2n) is 3.15. The quantitative estimate of drug-likeness (QED) is 0.503. The molecule has 0 heterocycles. The van der Waals surface area contributed by atoms with E-state index in [4.69, 9.17) is 23.7 Å². The summed E-state index contributed by atoms with van der Waals surface area (Å²) in [6.07, 6.45) is 0.101. The van der Waals surface area contributed by atoms with Crippen LogP contribution in [0.2, 0.25) is 0 Å². The van der Waals surface area contributed by atoms with Crippen molar-refractivity contribution in [1.29, 1.82) is 0 Å². The number of nitrogens with two attached hydrogens (primary N) is 1. The maximum atomic E-state index is 5.58. The fourth-order valence-electron chi connectivity index (χ4n) is 1.26. The lowest BCUT2D eigenvalue weighted by Gasteiger charge is -2.31. The Morgan fingerprint density at radius 1 is 1.14 bits per heavy atom. The van der Waals surface area contributed by atoms with Crippen molar-refractivity contribution in [2.45, 2.75) is 32.6 Å². The molecule has 14 heavy (non-hydrogen) atoms.